The van der Waals surface area contributed by atoms with Crippen molar-refractivity contribution in [2.75, 3.05) is 0 Å². The molecule has 0 aliphatic heterocycles. The zero-order chi connectivity index (χ0) is 11.2. The van der Waals surface area contributed by atoms with Gasteiger partial charge in [-0.3, -0.25) is 4.79 Å². The molecule has 15 heavy (non-hydrogen) atoms. The summed E-state index contributed by atoms with van der Waals surface area (Å²) in [5, 5.41) is 0.386. The maximum absolute atomic E-state index is 13.5. The molecule has 2 nitrogen and oxygen atoms in total. The number of nitrogens with one attached hydrogen (secondary N) is 1. The van der Waals surface area contributed by atoms with Gasteiger partial charge >= 0.3 is 0 Å². The van der Waals surface area contributed by atoms with Gasteiger partial charge in [0.15, 0.2) is 5.43 Å². The molecule has 78 valence electrons. The Balaban J connectivity index is 3.12. The molecule has 0 radical (unpaired) electrons. The van der Waals surface area contributed by atoms with E-state index in [4.69, 9.17) is 11.6 Å². The largest absolute Gasteiger partial charge is 0.357 e. The second kappa shape index (κ2) is 3.35. The Morgan fingerprint density at radius 1 is 1.33 bits per heavy atom. The fraction of sp³-hybridized carbons (Fsp3) is 0.182. The van der Waals surface area contributed by atoms with E-state index in [0.29, 0.717) is 21.8 Å². The van der Waals surface area contributed by atoms with E-state index in [2.05, 4.69) is 4.98 Å². The summed E-state index contributed by atoms with van der Waals surface area (Å²) in [4.78, 5) is 14.7. The lowest BCUT2D eigenvalue weighted by Crippen LogP contribution is -2.11. The minimum atomic E-state index is -0.543. The van der Waals surface area contributed by atoms with Crippen molar-refractivity contribution in [2.24, 2.45) is 0 Å². The predicted octanol–water partition coefficient (Wildman–Crippen LogP) is 2.94. The van der Waals surface area contributed by atoms with Gasteiger partial charge in [-0.25, -0.2) is 4.39 Å². The molecular formula is C11H9ClFNO. The van der Waals surface area contributed by atoms with Gasteiger partial charge in [-0.1, -0.05) is 11.6 Å². The van der Waals surface area contributed by atoms with Crippen molar-refractivity contribution < 1.29 is 4.39 Å². The summed E-state index contributed by atoms with van der Waals surface area (Å²) < 4.78 is 13.5. The van der Waals surface area contributed by atoms with Crippen LogP contribution in [0.3, 0.4) is 0 Å². The van der Waals surface area contributed by atoms with Crippen molar-refractivity contribution in [1.82, 2.24) is 4.98 Å². The van der Waals surface area contributed by atoms with E-state index >= 15 is 0 Å². The first-order valence-corrected chi connectivity index (χ1v) is 4.87. The van der Waals surface area contributed by atoms with Crippen LogP contribution in [0.1, 0.15) is 11.3 Å². The fourth-order valence-corrected chi connectivity index (χ4v) is 1.74. The molecule has 0 saturated heterocycles. The molecule has 0 spiro atoms. The molecule has 0 unspecified atom stereocenters. The number of H-pyrrole nitrogens is 1. The molecule has 0 bridgehead atoms. The minimum Gasteiger partial charge on any atom is -0.357 e. The molecule has 1 aromatic carbocycles. The van der Waals surface area contributed by atoms with Crippen molar-refractivity contribution in [3.63, 3.8) is 0 Å². The van der Waals surface area contributed by atoms with Crippen LogP contribution >= 0.6 is 11.6 Å². The number of fused-ring (bicyclic) bond motifs is 1. The molecule has 2 aromatic rings. The van der Waals surface area contributed by atoms with E-state index in [1.54, 1.807) is 13.8 Å². The van der Waals surface area contributed by atoms with Gasteiger partial charge in [-0.2, -0.15) is 0 Å². The number of pyridine rings is 1. The normalized spacial score (nSPS) is 10.9. The van der Waals surface area contributed by atoms with Gasteiger partial charge in [0.1, 0.15) is 5.82 Å². The topological polar surface area (TPSA) is 32.9 Å². The molecule has 4 heteroatoms. The summed E-state index contributed by atoms with van der Waals surface area (Å²) in [6.45, 7) is 3.42. The Kier molecular flexibility index (Phi) is 2.27. The van der Waals surface area contributed by atoms with E-state index in [-0.39, 0.29) is 10.8 Å². The first kappa shape index (κ1) is 10.2. The van der Waals surface area contributed by atoms with Crippen LogP contribution in [0, 0.1) is 19.7 Å². The standard InChI is InChI=1S/C11H9ClFNO/c1-5-6(2)14-10-7(12)3-4-8(13)9(10)11(5)15/h3-4H,1-2H3,(H,14,15). The summed E-state index contributed by atoms with van der Waals surface area (Å²) in [5.41, 5.74) is 1.29. The second-order valence-electron chi connectivity index (χ2n) is 3.48. The van der Waals surface area contributed by atoms with Crippen molar-refractivity contribution >= 4 is 22.5 Å². The number of aryl methyl sites for hydroxylation is 1. The summed E-state index contributed by atoms with van der Waals surface area (Å²) in [6.07, 6.45) is 0. The zero-order valence-corrected chi connectivity index (χ0v) is 9.07. The summed E-state index contributed by atoms with van der Waals surface area (Å²) >= 11 is 5.89. The van der Waals surface area contributed by atoms with Gasteiger partial charge < -0.3 is 4.98 Å². The van der Waals surface area contributed by atoms with Crippen LogP contribution in [0.2, 0.25) is 5.02 Å². The smallest absolute Gasteiger partial charge is 0.195 e. The van der Waals surface area contributed by atoms with E-state index < -0.39 is 5.82 Å². The highest BCUT2D eigenvalue weighted by atomic mass is 35.5. The highest BCUT2D eigenvalue weighted by Crippen LogP contribution is 2.22. The number of aromatic nitrogens is 1. The molecule has 1 heterocycles. The van der Waals surface area contributed by atoms with Crippen molar-refractivity contribution in [1.29, 1.82) is 0 Å². The van der Waals surface area contributed by atoms with Crippen LogP contribution in [0.15, 0.2) is 16.9 Å². The Morgan fingerprint density at radius 2 is 2.00 bits per heavy atom. The number of benzene rings is 1. The van der Waals surface area contributed by atoms with E-state index in [0.717, 1.165) is 0 Å². The molecular weight excluding hydrogens is 217 g/mol. The number of aromatic amines is 1. The quantitative estimate of drug-likeness (QED) is 0.735. The van der Waals surface area contributed by atoms with Gasteiger partial charge in [-0.15, -0.1) is 0 Å². The number of rotatable bonds is 0. The van der Waals surface area contributed by atoms with Crippen molar-refractivity contribution in [3.05, 3.63) is 44.5 Å². The average Bonchev–Trinajstić information content (AvgIpc) is 2.20. The molecule has 0 amide bonds. The number of hydrogen-bond donors (Lipinski definition) is 1. The van der Waals surface area contributed by atoms with Crippen LogP contribution in [-0.4, -0.2) is 4.98 Å². The van der Waals surface area contributed by atoms with E-state index in [1.807, 2.05) is 0 Å². The van der Waals surface area contributed by atoms with Crippen LogP contribution < -0.4 is 5.43 Å². The third-order valence-electron chi connectivity index (χ3n) is 2.55. The SMILES string of the molecule is Cc1[nH]c2c(Cl)ccc(F)c2c(=O)c1C. The third kappa shape index (κ3) is 1.43. The molecule has 0 aliphatic carbocycles. The second-order valence-corrected chi connectivity index (χ2v) is 3.89. The van der Waals surface area contributed by atoms with E-state index in [9.17, 15) is 9.18 Å². The van der Waals surface area contributed by atoms with Crippen LogP contribution in [-0.2, 0) is 0 Å². The van der Waals surface area contributed by atoms with Gasteiger partial charge in [0.2, 0.25) is 0 Å². The first-order valence-electron chi connectivity index (χ1n) is 4.49. The van der Waals surface area contributed by atoms with Crippen molar-refractivity contribution in [2.45, 2.75) is 13.8 Å². The van der Waals surface area contributed by atoms with Crippen LogP contribution in [0.4, 0.5) is 4.39 Å². The Bertz CT molecular complexity index is 604. The molecule has 1 N–H and O–H groups in total. The van der Waals surface area contributed by atoms with Gasteiger partial charge in [-0.05, 0) is 26.0 Å². The Hall–Kier alpha value is -1.35. The zero-order valence-electron chi connectivity index (χ0n) is 8.32. The van der Waals surface area contributed by atoms with Crippen LogP contribution in [0.5, 0.6) is 0 Å². The van der Waals surface area contributed by atoms with E-state index in [1.165, 1.54) is 12.1 Å². The minimum absolute atomic E-state index is 0.0330. The lowest BCUT2D eigenvalue weighted by molar-refractivity contribution is 0.638. The first-order chi connectivity index (χ1) is 7.02. The molecule has 0 aliphatic rings. The lowest BCUT2D eigenvalue weighted by Gasteiger charge is -2.06. The monoisotopic (exact) mass is 225 g/mol. The summed E-state index contributed by atoms with van der Waals surface area (Å²) in [7, 11) is 0. The highest BCUT2D eigenvalue weighted by molar-refractivity contribution is 6.35. The molecule has 0 saturated carbocycles. The average molecular weight is 226 g/mol. The van der Waals surface area contributed by atoms with Crippen molar-refractivity contribution in [3.8, 4) is 0 Å². The number of halogens is 2. The van der Waals surface area contributed by atoms with Gasteiger partial charge in [0.25, 0.3) is 0 Å². The fourth-order valence-electron chi connectivity index (χ4n) is 1.54. The maximum Gasteiger partial charge on any atom is 0.195 e. The third-order valence-corrected chi connectivity index (χ3v) is 2.86. The lowest BCUT2D eigenvalue weighted by atomic mass is 10.1. The van der Waals surface area contributed by atoms with Gasteiger partial charge in [0.05, 0.1) is 15.9 Å². The maximum atomic E-state index is 13.5. The summed E-state index contributed by atoms with van der Waals surface area (Å²) in [6, 6.07) is 2.64. The molecule has 2 rings (SSSR count). The molecule has 0 atom stereocenters. The Morgan fingerprint density at radius 3 is 2.67 bits per heavy atom. The van der Waals surface area contributed by atoms with Gasteiger partial charge in [0, 0.05) is 11.3 Å². The number of hydrogen-bond acceptors (Lipinski definition) is 1. The molecule has 0 fully saturated rings. The summed E-state index contributed by atoms with van der Waals surface area (Å²) in [5.74, 6) is -0.543. The Labute approximate surface area is 90.7 Å². The molecule has 1 aromatic heterocycles. The predicted molar refractivity (Wildman–Crippen MR) is 59.0 cm³/mol. The van der Waals surface area contributed by atoms with Crippen LogP contribution in [0.25, 0.3) is 10.9 Å². The highest BCUT2D eigenvalue weighted by Gasteiger charge is 2.11.